The molecule has 4 N–H and O–H groups in total. The van der Waals surface area contributed by atoms with Crippen LogP contribution in [0.25, 0.3) is 0 Å². The van der Waals surface area contributed by atoms with Crippen LogP contribution in [-0.4, -0.2) is 48.3 Å². The van der Waals surface area contributed by atoms with Gasteiger partial charge in [-0.05, 0) is 43.0 Å². The SMILES string of the molecule is CC(C)[C@H](N)C(=O)NCC(=O)Nc1ccc(C(=O)N2CCCC2)cc1.Cl. The van der Waals surface area contributed by atoms with Gasteiger partial charge in [0, 0.05) is 24.3 Å². The summed E-state index contributed by atoms with van der Waals surface area (Å²) < 4.78 is 0. The highest BCUT2D eigenvalue weighted by Crippen LogP contribution is 2.15. The van der Waals surface area contributed by atoms with Crippen molar-refractivity contribution in [1.29, 1.82) is 0 Å². The Bertz CT molecular complexity index is 628. The maximum atomic E-state index is 12.3. The van der Waals surface area contributed by atoms with Gasteiger partial charge in [-0.15, -0.1) is 12.4 Å². The topological polar surface area (TPSA) is 105 Å². The average Bonchev–Trinajstić information content (AvgIpc) is 3.13. The van der Waals surface area contributed by atoms with Crippen LogP contribution in [-0.2, 0) is 9.59 Å². The van der Waals surface area contributed by atoms with Crippen molar-refractivity contribution in [2.45, 2.75) is 32.7 Å². The molecule has 0 bridgehead atoms. The van der Waals surface area contributed by atoms with Crippen LogP contribution in [0.15, 0.2) is 24.3 Å². The van der Waals surface area contributed by atoms with Crippen LogP contribution in [0, 0.1) is 5.92 Å². The number of nitrogens with zero attached hydrogens (tertiary/aromatic N) is 1. The Morgan fingerprint density at radius 1 is 1.12 bits per heavy atom. The van der Waals surface area contributed by atoms with Crippen molar-refractivity contribution in [2.75, 3.05) is 25.0 Å². The molecule has 1 aromatic rings. The van der Waals surface area contributed by atoms with E-state index in [0.717, 1.165) is 25.9 Å². The number of benzene rings is 1. The van der Waals surface area contributed by atoms with Gasteiger partial charge < -0.3 is 21.3 Å². The number of amides is 3. The third-order valence-electron chi connectivity index (χ3n) is 4.25. The fraction of sp³-hybridized carbons (Fsp3) is 0.500. The number of carbonyl (C=O) groups is 3. The molecule has 8 heteroatoms. The van der Waals surface area contributed by atoms with Crippen molar-refractivity contribution < 1.29 is 14.4 Å². The molecule has 1 aliphatic rings. The summed E-state index contributed by atoms with van der Waals surface area (Å²) in [6.07, 6.45) is 2.10. The molecule has 1 aliphatic heterocycles. The molecule has 1 aromatic carbocycles. The van der Waals surface area contributed by atoms with Gasteiger partial charge in [0.1, 0.15) is 0 Å². The van der Waals surface area contributed by atoms with E-state index in [1.54, 1.807) is 24.3 Å². The monoisotopic (exact) mass is 382 g/mol. The first kappa shape index (κ1) is 21.9. The largest absolute Gasteiger partial charge is 0.346 e. The van der Waals surface area contributed by atoms with E-state index in [2.05, 4.69) is 10.6 Å². The lowest BCUT2D eigenvalue weighted by Crippen LogP contribution is -2.46. The van der Waals surface area contributed by atoms with Crippen LogP contribution in [0.5, 0.6) is 0 Å². The average molecular weight is 383 g/mol. The molecule has 2 rings (SSSR count). The Morgan fingerprint density at radius 3 is 2.23 bits per heavy atom. The Hall–Kier alpha value is -2.12. The second-order valence-electron chi connectivity index (χ2n) is 6.61. The molecule has 0 aliphatic carbocycles. The van der Waals surface area contributed by atoms with Crippen molar-refractivity contribution in [3.8, 4) is 0 Å². The summed E-state index contributed by atoms with van der Waals surface area (Å²) in [6, 6.07) is 6.13. The quantitative estimate of drug-likeness (QED) is 0.691. The first-order chi connectivity index (χ1) is 11.9. The number of hydrogen-bond donors (Lipinski definition) is 3. The Kier molecular flexibility index (Phi) is 8.54. The molecular formula is C18H27ClN4O3. The summed E-state index contributed by atoms with van der Waals surface area (Å²) in [4.78, 5) is 37.7. The van der Waals surface area contributed by atoms with E-state index in [1.807, 2.05) is 18.7 Å². The third-order valence-corrected chi connectivity index (χ3v) is 4.25. The highest BCUT2D eigenvalue weighted by Gasteiger charge is 2.20. The van der Waals surface area contributed by atoms with Gasteiger partial charge >= 0.3 is 0 Å². The molecule has 0 radical (unpaired) electrons. The van der Waals surface area contributed by atoms with Gasteiger partial charge in [0.05, 0.1) is 12.6 Å². The minimum absolute atomic E-state index is 0. The highest BCUT2D eigenvalue weighted by atomic mass is 35.5. The number of halogens is 1. The summed E-state index contributed by atoms with van der Waals surface area (Å²) >= 11 is 0. The zero-order valence-electron chi connectivity index (χ0n) is 15.2. The van der Waals surface area contributed by atoms with Crippen LogP contribution in [0.4, 0.5) is 5.69 Å². The van der Waals surface area contributed by atoms with Crippen LogP contribution < -0.4 is 16.4 Å². The molecule has 3 amide bonds. The van der Waals surface area contributed by atoms with Crippen molar-refractivity contribution in [2.24, 2.45) is 11.7 Å². The molecule has 0 aromatic heterocycles. The number of anilines is 1. The smallest absolute Gasteiger partial charge is 0.253 e. The van der Waals surface area contributed by atoms with Gasteiger partial charge in [-0.3, -0.25) is 14.4 Å². The normalized spacial score (nSPS) is 14.5. The maximum Gasteiger partial charge on any atom is 0.253 e. The summed E-state index contributed by atoms with van der Waals surface area (Å²) in [6.45, 7) is 5.14. The fourth-order valence-corrected chi connectivity index (χ4v) is 2.59. The molecule has 1 heterocycles. The predicted octanol–water partition coefficient (Wildman–Crippen LogP) is 1.38. The van der Waals surface area contributed by atoms with Crippen molar-refractivity contribution in [3.05, 3.63) is 29.8 Å². The maximum absolute atomic E-state index is 12.3. The summed E-state index contributed by atoms with van der Waals surface area (Å²) in [7, 11) is 0. The molecule has 26 heavy (non-hydrogen) atoms. The highest BCUT2D eigenvalue weighted by molar-refractivity contribution is 5.97. The van der Waals surface area contributed by atoms with Crippen molar-refractivity contribution in [3.63, 3.8) is 0 Å². The summed E-state index contributed by atoms with van der Waals surface area (Å²) in [5.74, 6) is -0.673. The second kappa shape index (κ2) is 10.1. The molecule has 1 saturated heterocycles. The summed E-state index contributed by atoms with van der Waals surface area (Å²) in [5.41, 5.74) is 6.90. The molecule has 144 valence electrons. The Labute approximate surface area is 160 Å². The van der Waals surface area contributed by atoms with Crippen LogP contribution in [0.1, 0.15) is 37.0 Å². The van der Waals surface area contributed by atoms with E-state index in [9.17, 15) is 14.4 Å². The molecule has 0 saturated carbocycles. The number of hydrogen-bond acceptors (Lipinski definition) is 4. The number of rotatable bonds is 6. The lowest BCUT2D eigenvalue weighted by molar-refractivity contribution is -0.125. The van der Waals surface area contributed by atoms with Crippen molar-refractivity contribution in [1.82, 2.24) is 10.2 Å². The van der Waals surface area contributed by atoms with Crippen LogP contribution in [0.3, 0.4) is 0 Å². The Balaban J connectivity index is 0.00000338. The molecule has 0 spiro atoms. The fourth-order valence-electron chi connectivity index (χ4n) is 2.59. The zero-order valence-corrected chi connectivity index (χ0v) is 16.0. The molecular weight excluding hydrogens is 356 g/mol. The first-order valence-electron chi connectivity index (χ1n) is 8.61. The van der Waals surface area contributed by atoms with E-state index in [4.69, 9.17) is 5.73 Å². The van der Waals surface area contributed by atoms with E-state index in [0.29, 0.717) is 11.3 Å². The van der Waals surface area contributed by atoms with Gasteiger partial charge in [-0.25, -0.2) is 0 Å². The number of nitrogens with two attached hydrogens (primary N) is 1. The van der Waals surface area contributed by atoms with E-state index >= 15 is 0 Å². The first-order valence-corrected chi connectivity index (χ1v) is 8.61. The predicted molar refractivity (Wildman–Crippen MR) is 103 cm³/mol. The minimum Gasteiger partial charge on any atom is -0.346 e. The lowest BCUT2D eigenvalue weighted by atomic mass is 10.1. The van der Waals surface area contributed by atoms with Gasteiger partial charge in [0.15, 0.2) is 0 Å². The lowest BCUT2D eigenvalue weighted by Gasteiger charge is -2.16. The van der Waals surface area contributed by atoms with Gasteiger partial charge in [0.2, 0.25) is 11.8 Å². The minimum atomic E-state index is -0.635. The second-order valence-corrected chi connectivity index (χ2v) is 6.61. The zero-order chi connectivity index (χ0) is 18.4. The van der Waals surface area contributed by atoms with Crippen LogP contribution in [0.2, 0.25) is 0 Å². The number of likely N-dealkylation sites (tertiary alicyclic amines) is 1. The van der Waals surface area contributed by atoms with Gasteiger partial charge in [-0.2, -0.15) is 0 Å². The van der Waals surface area contributed by atoms with Crippen LogP contribution >= 0.6 is 12.4 Å². The molecule has 7 nitrogen and oxygen atoms in total. The standard InChI is InChI=1S/C18H26N4O3.ClH/c1-12(2)16(19)17(24)20-11-15(23)21-14-7-5-13(6-8-14)18(25)22-9-3-4-10-22;/h5-8,12,16H,3-4,9-11,19H2,1-2H3,(H,20,24)(H,21,23);1H/t16-;/m0./s1. The third kappa shape index (κ3) is 6.00. The number of carbonyl (C=O) groups excluding carboxylic acids is 3. The Morgan fingerprint density at radius 2 is 1.69 bits per heavy atom. The van der Waals surface area contributed by atoms with E-state index in [1.165, 1.54) is 0 Å². The molecule has 1 fully saturated rings. The van der Waals surface area contributed by atoms with Crippen molar-refractivity contribution >= 4 is 35.8 Å². The van der Waals surface area contributed by atoms with E-state index < -0.39 is 6.04 Å². The van der Waals surface area contributed by atoms with E-state index in [-0.39, 0.29) is 42.6 Å². The van der Waals surface area contributed by atoms with Gasteiger partial charge in [0.25, 0.3) is 5.91 Å². The van der Waals surface area contributed by atoms with Gasteiger partial charge in [-0.1, -0.05) is 13.8 Å². The molecule has 0 unspecified atom stereocenters. The summed E-state index contributed by atoms with van der Waals surface area (Å²) in [5, 5.41) is 5.20. The number of nitrogens with one attached hydrogen (secondary N) is 2. The molecule has 1 atom stereocenters.